The Labute approximate surface area is 578 Å². The molecular formula is C71H78N12O12S3. The zero-order chi connectivity index (χ0) is 69.1. The third-order valence-corrected chi connectivity index (χ3v) is 21.5. The number of hydrogen-bond donors (Lipinski definition) is 5. The monoisotopic (exact) mass is 1390 g/mol. The lowest BCUT2D eigenvalue weighted by atomic mass is 9.91. The maximum Gasteiger partial charge on any atom is 0.243 e. The van der Waals surface area contributed by atoms with E-state index in [2.05, 4.69) is 41.4 Å². The smallest absolute Gasteiger partial charge is 0.243 e. The molecule has 0 radical (unpaired) electrons. The zero-order valence-electron chi connectivity index (χ0n) is 55.6. The summed E-state index contributed by atoms with van der Waals surface area (Å²) in [6.07, 6.45) is -1.76. The number of rotatable bonds is 24. The zero-order valence-corrected chi connectivity index (χ0v) is 58.0. The van der Waals surface area contributed by atoms with E-state index < -0.39 is 66.0 Å². The van der Waals surface area contributed by atoms with Crippen molar-refractivity contribution in [1.82, 2.24) is 61.1 Å². The molecule has 3 aromatic carbocycles. The molecule has 9 aromatic rings. The third kappa shape index (κ3) is 15.1. The summed E-state index contributed by atoms with van der Waals surface area (Å²) in [6.45, 7) is 15.3. The average Bonchev–Trinajstić information content (AvgIpc) is 1.64. The number of nitrogens with zero attached hydrogens (tertiary/aromatic N) is 9. The second-order valence-electron chi connectivity index (χ2n) is 25.9. The van der Waals surface area contributed by atoms with Crippen molar-refractivity contribution >= 4 is 69.5 Å². The lowest BCUT2D eigenvalue weighted by Crippen LogP contribution is -2.48. The van der Waals surface area contributed by atoms with Crippen molar-refractivity contribution in [3.05, 3.63) is 175 Å². The second kappa shape index (κ2) is 29.9. The predicted molar refractivity (Wildman–Crippen MR) is 365 cm³/mol. The molecule has 6 amide bonds. The summed E-state index contributed by atoms with van der Waals surface area (Å²) in [5, 5.41) is 43.1. The molecule has 9 atom stereocenters. The van der Waals surface area contributed by atoms with Gasteiger partial charge in [0.1, 0.15) is 41.3 Å². The number of nitrogens with one attached hydrogen (secondary N) is 3. The summed E-state index contributed by atoms with van der Waals surface area (Å²) in [4.78, 5) is 106. The second-order valence-corrected chi connectivity index (χ2v) is 28.5. The van der Waals surface area contributed by atoms with Crippen molar-refractivity contribution < 1.29 is 57.3 Å². The molecule has 27 heteroatoms. The number of carbonyl (C=O) groups is 6. The highest BCUT2D eigenvalue weighted by atomic mass is 32.1. The van der Waals surface area contributed by atoms with E-state index in [-0.39, 0.29) is 100 Å². The Morgan fingerprint density at radius 3 is 1.50 bits per heavy atom. The molecule has 0 spiro atoms. The summed E-state index contributed by atoms with van der Waals surface area (Å²) < 4.78 is 23.5. The van der Waals surface area contributed by atoms with Gasteiger partial charge in [-0.05, 0) is 80.8 Å². The minimum Gasteiger partial charge on any atom is -0.391 e. The molecule has 512 valence electrons. The quantitative estimate of drug-likeness (QED) is 0.0377. The molecule has 12 rings (SSSR count). The number of likely N-dealkylation sites (tertiary alicyclic amines) is 3. The molecule has 0 bridgehead atoms. The van der Waals surface area contributed by atoms with E-state index in [1.807, 2.05) is 112 Å². The fourth-order valence-electron chi connectivity index (χ4n) is 13.2. The van der Waals surface area contributed by atoms with Crippen LogP contribution in [0.4, 0.5) is 0 Å². The first-order valence-electron chi connectivity index (χ1n) is 32.7. The molecule has 3 saturated heterocycles. The maximum absolute atomic E-state index is 14.5. The number of carbonyl (C=O) groups excluding carboxylic acids is 6. The summed E-state index contributed by atoms with van der Waals surface area (Å²) in [7, 11) is 0. The number of thiazole rings is 3. The van der Waals surface area contributed by atoms with Crippen LogP contribution in [0.15, 0.2) is 115 Å². The van der Waals surface area contributed by atoms with E-state index in [0.717, 1.165) is 65.1 Å². The van der Waals surface area contributed by atoms with Gasteiger partial charge in [0.15, 0.2) is 5.76 Å². The molecule has 5 N–H and O–H groups in total. The Morgan fingerprint density at radius 2 is 1.01 bits per heavy atom. The number of aliphatic hydroxyl groups is 2. The number of aliphatic hydroxyl groups excluding tert-OH is 2. The van der Waals surface area contributed by atoms with Crippen molar-refractivity contribution in [1.29, 1.82) is 0 Å². The van der Waals surface area contributed by atoms with Crippen LogP contribution in [0.1, 0.15) is 138 Å². The number of aromatic nitrogens is 6. The lowest BCUT2D eigenvalue weighted by Gasteiger charge is -2.28. The Kier molecular flexibility index (Phi) is 21.0. The maximum atomic E-state index is 14.5. The van der Waals surface area contributed by atoms with Gasteiger partial charge in [-0.15, -0.1) is 34.0 Å². The molecule has 3 aliphatic rings. The molecule has 3 fully saturated rings. The molecule has 0 aliphatic carbocycles. The van der Waals surface area contributed by atoms with Gasteiger partial charge in [-0.2, -0.15) is 0 Å². The van der Waals surface area contributed by atoms with Crippen LogP contribution < -0.4 is 16.0 Å². The van der Waals surface area contributed by atoms with Crippen LogP contribution in [0.25, 0.3) is 31.3 Å². The van der Waals surface area contributed by atoms with E-state index in [9.17, 15) is 39.0 Å². The fourth-order valence-corrected chi connectivity index (χ4v) is 15.6. The summed E-state index contributed by atoms with van der Waals surface area (Å²) in [6, 6.07) is 24.1. The van der Waals surface area contributed by atoms with Crippen LogP contribution >= 0.6 is 34.0 Å². The molecule has 3 aliphatic heterocycles. The molecule has 0 saturated carbocycles. The number of hydrogen-bond acceptors (Lipinski definition) is 21. The Hall–Kier alpha value is -9.12. The van der Waals surface area contributed by atoms with Gasteiger partial charge in [0, 0.05) is 82.6 Å². The summed E-state index contributed by atoms with van der Waals surface area (Å²) in [5.41, 5.74) is 15.8. The first kappa shape index (κ1) is 68.8. The van der Waals surface area contributed by atoms with E-state index in [0.29, 0.717) is 40.6 Å². The topological polar surface area (TPSA) is 315 Å². The Balaban J connectivity index is 0.632. The Morgan fingerprint density at radius 1 is 0.541 bits per heavy atom. The highest BCUT2D eigenvalue weighted by Gasteiger charge is 2.46. The Bertz CT molecular complexity index is 4330. The largest absolute Gasteiger partial charge is 0.391 e. The standard InChI is InChI=1S/C71H78N12O12S3/c1-37(2)61(60-21-38(3)78-94-60)71(91)83-32-53(25-58(83)68(88)74-29-45-11-17-48(18-12-45)64-43(8)76-35-97-64)92-33-50-22-59(93-80-50)39(4)69(89)81-30-51(84)23-56(81)66(86)72-28-46-13-19-49(20-14-46)65-55(77-36-98-65)26-54-41(6)79-95-62(54)40(5)70(90)82-31-52(85)24-57(82)67(87)73-27-44-9-15-47(16-10-44)63-42(7)75-34-96-63/h9-22,34-37,39-40,51-53,56-58,61,84-85H,23-33H2,1-8H3,(H,72,86)(H,73,87)(H,74,88)/t39-,40+,51-,52-,53-,56+,57+,58+,61?/m1/s1. The van der Waals surface area contributed by atoms with Crippen molar-refractivity contribution in [2.24, 2.45) is 5.92 Å². The first-order valence-corrected chi connectivity index (χ1v) is 35.4. The fraction of sp³-hybridized carbons (Fsp3) is 0.408. The van der Waals surface area contributed by atoms with Gasteiger partial charge in [-0.1, -0.05) is 102 Å². The average molecular weight is 1390 g/mol. The van der Waals surface area contributed by atoms with Gasteiger partial charge < -0.3 is 59.2 Å². The number of aryl methyl sites for hydroxylation is 4. The van der Waals surface area contributed by atoms with Gasteiger partial charge in [0.2, 0.25) is 35.4 Å². The highest BCUT2D eigenvalue weighted by molar-refractivity contribution is 7.14. The number of benzene rings is 3. The van der Waals surface area contributed by atoms with E-state index in [4.69, 9.17) is 23.3 Å². The van der Waals surface area contributed by atoms with Crippen molar-refractivity contribution in [2.45, 2.75) is 162 Å². The predicted octanol–water partition coefficient (Wildman–Crippen LogP) is 8.85. The molecular weight excluding hydrogens is 1310 g/mol. The molecule has 1 unspecified atom stereocenters. The third-order valence-electron chi connectivity index (χ3n) is 18.6. The van der Waals surface area contributed by atoms with Crippen LogP contribution in [0.5, 0.6) is 0 Å². The normalized spacial score (nSPS) is 19.5. The van der Waals surface area contributed by atoms with Gasteiger partial charge in [0.25, 0.3) is 0 Å². The van der Waals surface area contributed by atoms with Crippen LogP contribution in [-0.4, -0.2) is 147 Å². The molecule has 98 heavy (non-hydrogen) atoms. The minimum absolute atomic E-state index is 0.00393. The number of β-amino-alcohol motifs (C(OH)–C–C–N with tert-alkyl or cyclic N) is 2. The lowest BCUT2D eigenvalue weighted by molar-refractivity contribution is -0.141. The van der Waals surface area contributed by atoms with Gasteiger partial charge in [-0.3, -0.25) is 28.8 Å². The van der Waals surface area contributed by atoms with Crippen molar-refractivity contribution in [3.63, 3.8) is 0 Å². The van der Waals surface area contributed by atoms with Crippen molar-refractivity contribution in [3.8, 4) is 31.3 Å². The highest BCUT2D eigenvalue weighted by Crippen LogP contribution is 2.37. The van der Waals surface area contributed by atoms with E-state index >= 15 is 0 Å². The summed E-state index contributed by atoms with van der Waals surface area (Å²) >= 11 is 4.58. The van der Waals surface area contributed by atoms with Crippen LogP contribution in [-0.2, 0) is 66.2 Å². The van der Waals surface area contributed by atoms with Crippen LogP contribution in [0, 0.1) is 33.6 Å². The van der Waals surface area contributed by atoms with Crippen molar-refractivity contribution in [2.75, 3.05) is 19.6 Å². The number of amides is 6. The molecule has 9 heterocycles. The van der Waals surface area contributed by atoms with E-state index in [1.54, 1.807) is 72.9 Å². The van der Waals surface area contributed by atoms with Crippen LogP contribution in [0.2, 0.25) is 0 Å². The van der Waals surface area contributed by atoms with E-state index in [1.165, 1.54) is 21.1 Å². The van der Waals surface area contributed by atoms with Crippen LogP contribution in [0.3, 0.4) is 0 Å². The SMILES string of the molecule is Cc1cc(C(C(=O)N2C[C@H](OCc3cc([C@@H](C)C(=O)N4C[C@H](O)C[C@H]4C(=O)NCc4ccc(-c5scnc5Cc5c(C)noc5[C@H](C)C(=O)N5C[C@H](O)C[C@H]5C(=O)NCc5ccc(-c6scnc6C)cc5)cc4)on3)C[C@H]2C(=O)NCc2ccc(-c3scnc3C)cc2)C(C)C)on1. The van der Waals surface area contributed by atoms with Gasteiger partial charge >= 0.3 is 0 Å². The minimum atomic E-state index is -0.962. The molecule has 6 aromatic heterocycles. The van der Waals surface area contributed by atoms with Gasteiger partial charge in [-0.25, -0.2) is 15.0 Å². The molecule has 24 nitrogen and oxygen atoms in total. The van der Waals surface area contributed by atoms with Gasteiger partial charge in [0.05, 0.1) is 96.4 Å². The summed E-state index contributed by atoms with van der Waals surface area (Å²) in [5.74, 6) is -3.83. The first-order chi connectivity index (χ1) is 47.2. The number of ether oxygens (including phenoxy) is 1.